The number of aliphatic hydroxyl groups excluding tert-OH is 1. The topological polar surface area (TPSA) is 125 Å². The number of likely N-dealkylation sites (tertiary alicyclic amines) is 1. The number of benzene rings is 1. The van der Waals surface area contributed by atoms with Gasteiger partial charge in [0.15, 0.2) is 5.79 Å². The molecule has 2 heterocycles. The zero-order valence-corrected chi connectivity index (χ0v) is 27.2. The average molecular weight is 630 g/mol. The lowest BCUT2D eigenvalue weighted by molar-refractivity contribution is -0.303. The smallest absolute Gasteiger partial charge is 0.338 e. The fraction of sp³-hybridized carbons (Fsp3) is 0.794. The van der Waals surface area contributed by atoms with E-state index in [2.05, 4.69) is 11.9 Å². The fourth-order valence-corrected chi connectivity index (χ4v) is 12.8. The Hall–Kier alpha value is -1.67. The van der Waals surface area contributed by atoms with Crippen molar-refractivity contribution in [2.24, 2.45) is 34.5 Å². The molecule has 2 spiro atoms. The number of carbonyl (C=O) groups is 1. The van der Waals surface area contributed by atoms with Crippen LogP contribution in [0.2, 0.25) is 0 Å². The first-order valence-corrected chi connectivity index (χ1v) is 16.2. The minimum absolute atomic E-state index is 0.0976. The van der Waals surface area contributed by atoms with Crippen molar-refractivity contribution in [3.8, 4) is 0 Å². The number of aliphatic hydroxyl groups is 2. The molecule has 5 saturated carbocycles. The quantitative estimate of drug-likeness (QED) is 0.426. The zero-order valence-electron chi connectivity index (χ0n) is 27.2. The van der Waals surface area contributed by atoms with E-state index in [9.17, 15) is 15.0 Å². The number of nitrogens with zero attached hydrogens (tertiary/aromatic N) is 1. The van der Waals surface area contributed by atoms with Gasteiger partial charge in [0.1, 0.15) is 29.5 Å². The Balaban J connectivity index is 1.40. The maximum absolute atomic E-state index is 13.8. The summed E-state index contributed by atoms with van der Waals surface area (Å²) >= 11 is 0. The van der Waals surface area contributed by atoms with E-state index in [1.54, 1.807) is 52.7 Å². The molecule has 2 aliphatic heterocycles. The van der Waals surface area contributed by atoms with Gasteiger partial charge >= 0.3 is 5.97 Å². The minimum Gasteiger partial charge on any atom is -0.455 e. The van der Waals surface area contributed by atoms with Crippen molar-refractivity contribution in [2.75, 3.05) is 48.6 Å². The molecule has 7 bridgehead atoms. The molecule has 45 heavy (non-hydrogen) atoms. The van der Waals surface area contributed by atoms with E-state index in [1.807, 2.05) is 19.9 Å². The number of hydrogen-bond acceptors (Lipinski definition) is 11. The number of carbonyl (C=O) groups excluding carboxylic acids is 1. The molecule has 15 atom stereocenters. The third-order valence-corrected chi connectivity index (χ3v) is 13.4. The second-order valence-electron chi connectivity index (χ2n) is 15.3. The SMILES string of the molecule is COCC12CN(C)C3C4C(OC)C1C3(C(OC)CC2O)C1CC2(O)C(OC)C3OC(C)(C)OC34C1C2OC(=O)c1ccccc1. The highest BCUT2D eigenvalue weighted by molar-refractivity contribution is 5.89. The molecule has 2 saturated heterocycles. The minimum atomic E-state index is -1.57. The molecule has 7 fully saturated rings. The van der Waals surface area contributed by atoms with Gasteiger partial charge in [-0.2, -0.15) is 0 Å². The lowest BCUT2D eigenvalue weighted by atomic mass is 9.42. The molecule has 0 radical (unpaired) electrons. The molecule has 8 rings (SSSR count). The average Bonchev–Trinajstić information content (AvgIpc) is 3.53. The second-order valence-corrected chi connectivity index (χ2v) is 15.3. The normalized spacial score (nSPS) is 53.3. The van der Waals surface area contributed by atoms with Crippen molar-refractivity contribution in [3.05, 3.63) is 35.9 Å². The van der Waals surface area contributed by atoms with Crippen LogP contribution < -0.4 is 0 Å². The molecule has 2 N–H and O–H groups in total. The van der Waals surface area contributed by atoms with Crippen LogP contribution in [0.1, 0.15) is 37.0 Å². The summed E-state index contributed by atoms with van der Waals surface area (Å²) in [5.41, 5.74) is -3.47. The van der Waals surface area contributed by atoms with Gasteiger partial charge in [0.25, 0.3) is 0 Å². The predicted octanol–water partition coefficient (Wildman–Crippen LogP) is 1.49. The maximum atomic E-state index is 13.8. The Morgan fingerprint density at radius 2 is 1.78 bits per heavy atom. The third-order valence-electron chi connectivity index (χ3n) is 13.4. The molecule has 1 aromatic carbocycles. The standard InChI is InChI=1S/C34H47NO10/c1-30(2)44-28-27(42-7)32(38)14-18-21(26(32)43-29(37)17-11-9-8-10-12-17)34(28,45-30)22-23(41-6)24-31(16-39-4)15-35(3)25(22)33(18,24)20(40-5)13-19(31)36/h8-12,18-28,36,38H,13-16H2,1-7H3. The second kappa shape index (κ2) is 9.70. The Morgan fingerprint density at radius 3 is 2.42 bits per heavy atom. The molecule has 15 unspecified atom stereocenters. The number of methoxy groups -OCH3 is 4. The number of rotatable bonds is 7. The van der Waals surface area contributed by atoms with Crippen molar-refractivity contribution in [2.45, 2.75) is 86.3 Å². The number of ether oxygens (including phenoxy) is 7. The summed E-state index contributed by atoms with van der Waals surface area (Å²) < 4.78 is 45.6. The van der Waals surface area contributed by atoms with Gasteiger partial charge < -0.3 is 48.3 Å². The van der Waals surface area contributed by atoms with Crippen LogP contribution in [0.5, 0.6) is 0 Å². The Labute approximate surface area is 264 Å². The van der Waals surface area contributed by atoms with Crippen LogP contribution in [0.15, 0.2) is 30.3 Å². The first kappa shape index (κ1) is 30.7. The summed E-state index contributed by atoms with van der Waals surface area (Å²) in [6.45, 7) is 4.75. The largest absolute Gasteiger partial charge is 0.455 e. The van der Waals surface area contributed by atoms with Crippen LogP contribution in [-0.4, -0.2) is 129 Å². The summed E-state index contributed by atoms with van der Waals surface area (Å²) in [6, 6.07) is 8.78. The van der Waals surface area contributed by atoms with E-state index in [0.29, 0.717) is 25.1 Å². The molecule has 248 valence electrons. The summed E-state index contributed by atoms with van der Waals surface area (Å²) in [6.07, 6.45) is -3.18. The van der Waals surface area contributed by atoms with Gasteiger partial charge in [0, 0.05) is 76.0 Å². The van der Waals surface area contributed by atoms with Gasteiger partial charge in [0.05, 0.1) is 30.5 Å². The van der Waals surface area contributed by atoms with E-state index in [4.69, 9.17) is 33.2 Å². The van der Waals surface area contributed by atoms with E-state index in [-0.39, 0.29) is 42.4 Å². The van der Waals surface area contributed by atoms with Crippen molar-refractivity contribution >= 4 is 5.97 Å². The van der Waals surface area contributed by atoms with Gasteiger partial charge in [-0.15, -0.1) is 0 Å². The van der Waals surface area contributed by atoms with E-state index < -0.39 is 64.1 Å². The van der Waals surface area contributed by atoms with E-state index in [1.165, 1.54) is 0 Å². The zero-order chi connectivity index (χ0) is 31.9. The van der Waals surface area contributed by atoms with Gasteiger partial charge in [0.2, 0.25) is 0 Å². The Bertz CT molecular complexity index is 1360. The highest BCUT2D eigenvalue weighted by Crippen LogP contribution is 2.81. The number of hydrogen-bond donors (Lipinski definition) is 2. The summed E-state index contributed by atoms with van der Waals surface area (Å²) in [5.74, 6) is -2.71. The summed E-state index contributed by atoms with van der Waals surface area (Å²) in [5, 5.41) is 25.0. The van der Waals surface area contributed by atoms with Crippen LogP contribution >= 0.6 is 0 Å². The Kier molecular flexibility index (Phi) is 6.61. The molecule has 1 aromatic rings. The molecule has 11 nitrogen and oxygen atoms in total. The van der Waals surface area contributed by atoms with Crippen molar-refractivity contribution in [1.29, 1.82) is 0 Å². The first-order valence-electron chi connectivity index (χ1n) is 16.2. The fourth-order valence-electron chi connectivity index (χ4n) is 12.8. The molecular weight excluding hydrogens is 582 g/mol. The summed E-state index contributed by atoms with van der Waals surface area (Å²) in [4.78, 5) is 16.2. The maximum Gasteiger partial charge on any atom is 0.338 e. The van der Waals surface area contributed by atoms with Crippen molar-refractivity contribution in [3.63, 3.8) is 0 Å². The van der Waals surface area contributed by atoms with Crippen LogP contribution in [0, 0.1) is 34.5 Å². The number of fused-ring (bicyclic) bond motifs is 1. The van der Waals surface area contributed by atoms with Gasteiger partial charge in [-0.05, 0) is 45.4 Å². The molecule has 7 aliphatic rings. The molecule has 0 aromatic heterocycles. The number of piperidine rings is 1. The lowest BCUT2D eigenvalue weighted by Gasteiger charge is -2.69. The van der Waals surface area contributed by atoms with Crippen LogP contribution in [0.3, 0.4) is 0 Å². The highest BCUT2D eigenvalue weighted by Gasteiger charge is 2.93. The van der Waals surface area contributed by atoms with Crippen LogP contribution in [0.25, 0.3) is 0 Å². The van der Waals surface area contributed by atoms with Gasteiger partial charge in [-0.3, -0.25) is 0 Å². The van der Waals surface area contributed by atoms with E-state index >= 15 is 0 Å². The number of esters is 1. The molecular formula is C34H47NO10. The first-order chi connectivity index (χ1) is 21.4. The van der Waals surface area contributed by atoms with Crippen LogP contribution in [-0.2, 0) is 33.2 Å². The molecule has 5 aliphatic carbocycles. The Morgan fingerprint density at radius 1 is 1.04 bits per heavy atom. The van der Waals surface area contributed by atoms with Gasteiger partial charge in [-0.1, -0.05) is 18.2 Å². The molecule has 0 amide bonds. The van der Waals surface area contributed by atoms with Crippen LogP contribution in [0.4, 0.5) is 0 Å². The van der Waals surface area contributed by atoms with Gasteiger partial charge in [-0.25, -0.2) is 4.79 Å². The predicted molar refractivity (Wildman–Crippen MR) is 158 cm³/mol. The summed E-state index contributed by atoms with van der Waals surface area (Å²) in [7, 11) is 8.83. The molecule has 11 heteroatoms. The van der Waals surface area contributed by atoms with E-state index in [0.717, 1.165) is 0 Å². The highest BCUT2D eigenvalue weighted by atomic mass is 16.8. The third kappa shape index (κ3) is 3.35. The van der Waals surface area contributed by atoms with Crippen molar-refractivity contribution in [1.82, 2.24) is 4.90 Å². The monoisotopic (exact) mass is 629 g/mol. The lowest BCUT2D eigenvalue weighted by Crippen LogP contribution is -2.80. The van der Waals surface area contributed by atoms with Crippen molar-refractivity contribution < 1.29 is 48.2 Å².